The summed E-state index contributed by atoms with van der Waals surface area (Å²) in [5.74, 6) is 1.01. The zero-order valence-electron chi connectivity index (χ0n) is 8.66. The van der Waals surface area contributed by atoms with E-state index in [2.05, 4.69) is 16.6 Å². The Kier molecular flexibility index (Phi) is 5.49. The van der Waals surface area contributed by atoms with Crippen molar-refractivity contribution in [2.24, 2.45) is 0 Å². The van der Waals surface area contributed by atoms with E-state index in [0.29, 0.717) is 17.4 Å². The van der Waals surface area contributed by atoms with E-state index in [4.69, 9.17) is 5.73 Å². The van der Waals surface area contributed by atoms with Gasteiger partial charge in [-0.25, -0.2) is 4.98 Å². The van der Waals surface area contributed by atoms with Gasteiger partial charge in [-0.1, -0.05) is 0 Å². The number of rotatable bonds is 6. The second-order valence-electron chi connectivity index (χ2n) is 3.03. The zero-order valence-corrected chi connectivity index (χ0v) is 10.3. The molecule has 0 fully saturated rings. The average molecular weight is 245 g/mol. The lowest BCUT2D eigenvalue weighted by atomic mass is 10.3. The highest BCUT2D eigenvalue weighted by atomic mass is 32.2. The number of aromatic nitrogens is 1. The third kappa shape index (κ3) is 4.53. The van der Waals surface area contributed by atoms with E-state index in [1.165, 1.54) is 11.3 Å². The molecule has 0 atom stereocenters. The largest absolute Gasteiger partial charge is 0.375 e. The summed E-state index contributed by atoms with van der Waals surface area (Å²) < 4.78 is 0. The molecule has 1 amide bonds. The summed E-state index contributed by atoms with van der Waals surface area (Å²) in [6, 6.07) is 0. The van der Waals surface area contributed by atoms with E-state index in [1.54, 1.807) is 5.38 Å². The van der Waals surface area contributed by atoms with Crippen LogP contribution in [0.15, 0.2) is 5.38 Å². The molecule has 3 N–H and O–H groups in total. The Hall–Kier alpha value is -0.750. The maximum absolute atomic E-state index is 11.5. The summed E-state index contributed by atoms with van der Waals surface area (Å²) in [7, 11) is 0. The maximum Gasteiger partial charge on any atom is 0.270 e. The number of nitrogens with two attached hydrogens (primary N) is 1. The van der Waals surface area contributed by atoms with Crippen LogP contribution in [0.3, 0.4) is 0 Å². The molecule has 0 radical (unpaired) electrons. The van der Waals surface area contributed by atoms with E-state index in [0.717, 1.165) is 18.6 Å². The van der Waals surface area contributed by atoms with Gasteiger partial charge in [0.05, 0.1) is 0 Å². The Labute approximate surface area is 97.7 Å². The van der Waals surface area contributed by atoms with Gasteiger partial charge in [0, 0.05) is 11.9 Å². The van der Waals surface area contributed by atoms with Crippen LogP contribution in [0.5, 0.6) is 0 Å². The molecule has 0 aliphatic carbocycles. The molecular weight excluding hydrogens is 230 g/mol. The van der Waals surface area contributed by atoms with Crippen LogP contribution in [0, 0.1) is 0 Å². The standard InChI is InChI=1S/C9H15N3OS2/c1-14-5-3-2-4-11-8(13)7-6-15-9(10)12-7/h6H,2-5H2,1H3,(H2,10,12)(H,11,13). The first-order chi connectivity index (χ1) is 7.24. The minimum absolute atomic E-state index is 0.132. The number of hydrogen-bond donors (Lipinski definition) is 2. The quantitative estimate of drug-likeness (QED) is 0.747. The molecule has 0 saturated carbocycles. The van der Waals surface area contributed by atoms with Gasteiger partial charge in [-0.2, -0.15) is 11.8 Å². The van der Waals surface area contributed by atoms with E-state index >= 15 is 0 Å². The fourth-order valence-corrected chi connectivity index (χ4v) is 2.09. The lowest BCUT2D eigenvalue weighted by Gasteiger charge is -2.01. The smallest absolute Gasteiger partial charge is 0.270 e. The van der Waals surface area contributed by atoms with Crippen LogP contribution < -0.4 is 11.1 Å². The van der Waals surface area contributed by atoms with Crippen LogP contribution in [0.2, 0.25) is 0 Å². The van der Waals surface area contributed by atoms with Crippen molar-refractivity contribution in [2.75, 3.05) is 24.3 Å². The first kappa shape index (κ1) is 12.3. The fraction of sp³-hybridized carbons (Fsp3) is 0.556. The van der Waals surface area contributed by atoms with Crippen molar-refractivity contribution < 1.29 is 4.79 Å². The Morgan fingerprint density at radius 1 is 1.67 bits per heavy atom. The normalized spacial score (nSPS) is 10.2. The molecule has 6 heteroatoms. The molecule has 4 nitrogen and oxygen atoms in total. The third-order valence-electron chi connectivity index (χ3n) is 1.82. The molecule has 15 heavy (non-hydrogen) atoms. The number of hydrogen-bond acceptors (Lipinski definition) is 5. The molecule has 0 unspecified atom stereocenters. The van der Waals surface area contributed by atoms with E-state index < -0.39 is 0 Å². The van der Waals surface area contributed by atoms with E-state index in [1.807, 2.05) is 11.8 Å². The molecule has 0 bridgehead atoms. The second kappa shape index (κ2) is 6.68. The summed E-state index contributed by atoms with van der Waals surface area (Å²) in [5, 5.41) is 4.92. The number of nitrogen functional groups attached to an aromatic ring is 1. The van der Waals surface area contributed by atoms with Crippen LogP contribution in [-0.2, 0) is 0 Å². The Morgan fingerprint density at radius 2 is 2.47 bits per heavy atom. The number of thioether (sulfide) groups is 1. The zero-order chi connectivity index (χ0) is 11.1. The topological polar surface area (TPSA) is 68.0 Å². The van der Waals surface area contributed by atoms with E-state index in [-0.39, 0.29) is 5.91 Å². The summed E-state index contributed by atoms with van der Waals surface area (Å²) in [5.41, 5.74) is 5.85. The van der Waals surface area contributed by atoms with E-state index in [9.17, 15) is 4.79 Å². The second-order valence-corrected chi connectivity index (χ2v) is 4.90. The maximum atomic E-state index is 11.5. The monoisotopic (exact) mass is 245 g/mol. The predicted octanol–water partition coefficient (Wildman–Crippen LogP) is 1.60. The van der Waals surface area contributed by atoms with Crippen molar-refractivity contribution in [1.82, 2.24) is 10.3 Å². The van der Waals surface area contributed by atoms with Gasteiger partial charge in [0.15, 0.2) is 5.13 Å². The van der Waals surface area contributed by atoms with Crippen molar-refractivity contribution in [3.63, 3.8) is 0 Å². The molecular formula is C9H15N3OS2. The number of carbonyl (C=O) groups is 1. The van der Waals surface area contributed by atoms with Gasteiger partial charge >= 0.3 is 0 Å². The first-order valence-electron chi connectivity index (χ1n) is 4.72. The van der Waals surface area contributed by atoms with Crippen LogP contribution in [0.25, 0.3) is 0 Å². The van der Waals surface area contributed by atoms with Gasteiger partial charge in [-0.3, -0.25) is 4.79 Å². The van der Waals surface area contributed by atoms with Gasteiger partial charge < -0.3 is 11.1 Å². The van der Waals surface area contributed by atoms with Crippen molar-refractivity contribution in [3.8, 4) is 0 Å². The molecule has 1 aromatic rings. The highest BCUT2D eigenvalue weighted by molar-refractivity contribution is 7.98. The minimum atomic E-state index is -0.132. The molecule has 0 spiro atoms. The number of nitrogens with zero attached hydrogens (tertiary/aromatic N) is 1. The van der Waals surface area contributed by atoms with Gasteiger partial charge in [0.1, 0.15) is 5.69 Å². The highest BCUT2D eigenvalue weighted by Crippen LogP contribution is 2.10. The number of amides is 1. The lowest BCUT2D eigenvalue weighted by Crippen LogP contribution is -2.24. The fourth-order valence-electron chi connectivity index (χ4n) is 1.06. The SMILES string of the molecule is CSCCCCNC(=O)c1csc(N)n1. The molecule has 1 aromatic heterocycles. The van der Waals surface area contributed by atoms with Gasteiger partial charge in [-0.15, -0.1) is 11.3 Å². The highest BCUT2D eigenvalue weighted by Gasteiger charge is 2.07. The number of unbranched alkanes of at least 4 members (excludes halogenated alkanes) is 1. The molecule has 0 saturated heterocycles. The number of thiazole rings is 1. The summed E-state index contributed by atoms with van der Waals surface area (Å²) in [6.45, 7) is 0.705. The number of carbonyl (C=O) groups excluding carboxylic acids is 1. The molecule has 0 aliphatic rings. The number of nitrogens with one attached hydrogen (secondary N) is 1. The van der Waals surface area contributed by atoms with Crippen molar-refractivity contribution in [1.29, 1.82) is 0 Å². The summed E-state index contributed by atoms with van der Waals surface area (Å²) >= 11 is 3.10. The van der Waals surface area contributed by atoms with Crippen molar-refractivity contribution in [3.05, 3.63) is 11.1 Å². The third-order valence-corrected chi connectivity index (χ3v) is 3.19. The number of anilines is 1. The predicted molar refractivity (Wildman–Crippen MR) is 66.5 cm³/mol. The molecule has 84 valence electrons. The first-order valence-corrected chi connectivity index (χ1v) is 6.99. The minimum Gasteiger partial charge on any atom is -0.375 e. The molecule has 0 aromatic carbocycles. The van der Waals surface area contributed by atoms with Crippen LogP contribution in [-0.4, -0.2) is 29.4 Å². The average Bonchev–Trinajstić information content (AvgIpc) is 2.64. The Bertz CT molecular complexity index is 314. The Morgan fingerprint density at radius 3 is 3.07 bits per heavy atom. The van der Waals surface area contributed by atoms with Gasteiger partial charge in [-0.05, 0) is 24.9 Å². The lowest BCUT2D eigenvalue weighted by molar-refractivity contribution is 0.0949. The molecule has 1 rings (SSSR count). The van der Waals surface area contributed by atoms with Gasteiger partial charge in [0.25, 0.3) is 5.91 Å². The summed E-state index contributed by atoms with van der Waals surface area (Å²) in [6.07, 6.45) is 4.21. The van der Waals surface area contributed by atoms with Crippen LogP contribution in [0.4, 0.5) is 5.13 Å². The van der Waals surface area contributed by atoms with Crippen LogP contribution >= 0.6 is 23.1 Å². The van der Waals surface area contributed by atoms with Crippen molar-refractivity contribution >= 4 is 34.1 Å². The molecule has 0 aliphatic heterocycles. The molecule has 1 heterocycles. The van der Waals surface area contributed by atoms with Gasteiger partial charge in [0.2, 0.25) is 0 Å². The Balaban J connectivity index is 2.19. The van der Waals surface area contributed by atoms with Crippen molar-refractivity contribution in [2.45, 2.75) is 12.8 Å². The van der Waals surface area contributed by atoms with Crippen LogP contribution in [0.1, 0.15) is 23.3 Å². The summed E-state index contributed by atoms with van der Waals surface area (Å²) in [4.78, 5) is 15.4.